The normalized spacial score (nSPS) is 14.3. The summed E-state index contributed by atoms with van der Waals surface area (Å²) in [4.78, 5) is 14.4. The number of morpholine rings is 1. The summed E-state index contributed by atoms with van der Waals surface area (Å²) >= 11 is 0. The zero-order chi connectivity index (χ0) is 21.6. The Labute approximate surface area is 172 Å². The first-order valence-electron chi connectivity index (χ1n) is 9.49. The lowest BCUT2D eigenvalue weighted by Gasteiger charge is -2.27. The third-order valence-corrected chi connectivity index (χ3v) is 4.63. The molecule has 0 bridgehead atoms. The van der Waals surface area contributed by atoms with Crippen LogP contribution in [0.1, 0.15) is 15.9 Å². The summed E-state index contributed by atoms with van der Waals surface area (Å²) < 4.78 is 51.2. The fraction of sp³-hybridized carbons (Fsp3) is 0.381. The molecular weight excluding hydrogens is 401 g/mol. The van der Waals surface area contributed by atoms with Gasteiger partial charge in [-0.3, -0.25) is 4.79 Å². The second kappa shape index (κ2) is 9.71. The second-order valence-corrected chi connectivity index (χ2v) is 6.69. The van der Waals surface area contributed by atoms with Gasteiger partial charge in [-0.2, -0.15) is 0 Å². The van der Waals surface area contributed by atoms with Gasteiger partial charge in [0, 0.05) is 25.2 Å². The van der Waals surface area contributed by atoms with E-state index in [4.69, 9.17) is 9.47 Å². The fourth-order valence-electron chi connectivity index (χ4n) is 3.13. The number of nitrogens with zero attached hydrogens (tertiary/aromatic N) is 1. The molecule has 0 atom stereocenters. The highest BCUT2D eigenvalue weighted by Crippen LogP contribution is 2.27. The van der Waals surface area contributed by atoms with Crippen LogP contribution in [0.15, 0.2) is 42.5 Å². The topological polar surface area (TPSA) is 60.0 Å². The number of carbonyl (C=O) groups is 1. The standard InChI is InChI=1S/C21H23F3N2O4/c1-28-19-7-4-16(20(27)26-10-12-29-13-11-26)14-18(19)25-9-8-15-2-5-17(6-3-15)30-21(22,23)24/h2-7,14,25H,8-13H2,1H3. The van der Waals surface area contributed by atoms with Gasteiger partial charge in [0.05, 0.1) is 26.0 Å². The second-order valence-electron chi connectivity index (χ2n) is 6.69. The maximum Gasteiger partial charge on any atom is 0.573 e. The summed E-state index contributed by atoms with van der Waals surface area (Å²) in [5.41, 5.74) is 2.07. The SMILES string of the molecule is COc1ccc(C(=O)N2CCOCC2)cc1NCCc1ccc(OC(F)(F)F)cc1. The fourth-order valence-corrected chi connectivity index (χ4v) is 3.13. The summed E-state index contributed by atoms with van der Waals surface area (Å²) in [5, 5.41) is 3.23. The van der Waals surface area contributed by atoms with E-state index in [-0.39, 0.29) is 11.7 Å². The molecule has 0 aromatic heterocycles. The lowest BCUT2D eigenvalue weighted by Crippen LogP contribution is -2.40. The van der Waals surface area contributed by atoms with Gasteiger partial charge in [-0.05, 0) is 42.3 Å². The van der Waals surface area contributed by atoms with Gasteiger partial charge in [-0.1, -0.05) is 12.1 Å². The minimum absolute atomic E-state index is 0.0655. The molecule has 1 heterocycles. The van der Waals surface area contributed by atoms with Gasteiger partial charge in [0.25, 0.3) is 5.91 Å². The highest BCUT2D eigenvalue weighted by Gasteiger charge is 2.30. The van der Waals surface area contributed by atoms with Crippen LogP contribution in [0.4, 0.5) is 18.9 Å². The van der Waals surface area contributed by atoms with Gasteiger partial charge in [-0.25, -0.2) is 0 Å². The van der Waals surface area contributed by atoms with Crippen LogP contribution in [0.25, 0.3) is 0 Å². The van der Waals surface area contributed by atoms with Gasteiger partial charge in [0.1, 0.15) is 11.5 Å². The molecule has 0 aliphatic carbocycles. The van der Waals surface area contributed by atoms with Crippen LogP contribution >= 0.6 is 0 Å². The van der Waals surface area contributed by atoms with Crippen molar-refractivity contribution in [2.45, 2.75) is 12.8 Å². The summed E-state index contributed by atoms with van der Waals surface area (Å²) in [6.07, 6.45) is -4.14. The molecule has 1 N–H and O–H groups in total. The average molecular weight is 424 g/mol. The quantitative estimate of drug-likeness (QED) is 0.734. The molecule has 1 aliphatic heterocycles. The number of carbonyl (C=O) groups excluding carboxylic acids is 1. The summed E-state index contributed by atoms with van der Waals surface area (Å²) in [7, 11) is 1.54. The van der Waals surface area contributed by atoms with Gasteiger partial charge in [0.15, 0.2) is 0 Å². The molecule has 1 fully saturated rings. The van der Waals surface area contributed by atoms with Crippen molar-refractivity contribution in [2.24, 2.45) is 0 Å². The molecule has 0 unspecified atom stereocenters. The third kappa shape index (κ3) is 6.03. The van der Waals surface area contributed by atoms with Crippen molar-refractivity contribution in [3.05, 3.63) is 53.6 Å². The Bertz CT molecular complexity index is 850. The molecule has 2 aromatic rings. The molecule has 0 saturated carbocycles. The zero-order valence-electron chi connectivity index (χ0n) is 16.5. The molecule has 162 valence electrons. The van der Waals surface area contributed by atoms with Crippen molar-refractivity contribution in [3.63, 3.8) is 0 Å². The highest BCUT2D eigenvalue weighted by molar-refractivity contribution is 5.95. The van der Waals surface area contributed by atoms with Crippen LogP contribution in [-0.4, -0.2) is 57.1 Å². The maximum atomic E-state index is 12.7. The van der Waals surface area contributed by atoms with Crippen molar-refractivity contribution in [3.8, 4) is 11.5 Å². The molecule has 9 heteroatoms. The van der Waals surface area contributed by atoms with Crippen LogP contribution in [0, 0.1) is 0 Å². The van der Waals surface area contributed by atoms with Crippen LogP contribution in [0.5, 0.6) is 11.5 Å². The van der Waals surface area contributed by atoms with Crippen molar-refractivity contribution in [1.29, 1.82) is 0 Å². The molecule has 1 saturated heterocycles. The molecule has 0 radical (unpaired) electrons. The molecule has 30 heavy (non-hydrogen) atoms. The predicted molar refractivity (Wildman–Crippen MR) is 105 cm³/mol. The third-order valence-electron chi connectivity index (χ3n) is 4.63. The van der Waals surface area contributed by atoms with Gasteiger partial charge >= 0.3 is 6.36 Å². The average Bonchev–Trinajstić information content (AvgIpc) is 2.74. The lowest BCUT2D eigenvalue weighted by atomic mass is 10.1. The molecule has 1 amide bonds. The number of methoxy groups -OCH3 is 1. The number of hydrogen-bond acceptors (Lipinski definition) is 5. The Morgan fingerprint density at radius 3 is 2.47 bits per heavy atom. The smallest absolute Gasteiger partial charge is 0.495 e. The summed E-state index contributed by atoms with van der Waals surface area (Å²) in [6.45, 7) is 2.67. The highest BCUT2D eigenvalue weighted by atomic mass is 19.4. The molecule has 1 aliphatic rings. The van der Waals surface area contributed by atoms with E-state index in [1.165, 1.54) is 12.1 Å². The Morgan fingerprint density at radius 2 is 1.83 bits per heavy atom. The molecule has 2 aromatic carbocycles. The molecule has 6 nitrogen and oxygen atoms in total. The largest absolute Gasteiger partial charge is 0.573 e. The minimum atomic E-state index is -4.71. The number of rotatable bonds is 7. The first kappa shape index (κ1) is 21.8. The van der Waals surface area contributed by atoms with Gasteiger partial charge < -0.3 is 24.4 Å². The van der Waals surface area contributed by atoms with E-state index in [1.54, 1.807) is 42.3 Å². The monoisotopic (exact) mass is 424 g/mol. The Morgan fingerprint density at radius 1 is 1.13 bits per heavy atom. The van der Waals surface area contributed by atoms with E-state index < -0.39 is 6.36 Å². The summed E-state index contributed by atoms with van der Waals surface area (Å²) in [6, 6.07) is 10.9. The number of benzene rings is 2. The van der Waals surface area contributed by atoms with Crippen molar-refractivity contribution in [2.75, 3.05) is 45.3 Å². The van der Waals surface area contributed by atoms with E-state index in [9.17, 15) is 18.0 Å². The Balaban J connectivity index is 1.60. The maximum absolute atomic E-state index is 12.7. The number of amides is 1. The lowest BCUT2D eigenvalue weighted by molar-refractivity contribution is -0.274. The van der Waals surface area contributed by atoms with E-state index in [2.05, 4.69) is 10.1 Å². The van der Waals surface area contributed by atoms with Gasteiger partial charge in [0.2, 0.25) is 0 Å². The Kier molecular flexibility index (Phi) is 7.04. The number of nitrogens with one attached hydrogen (secondary N) is 1. The molecule has 3 rings (SSSR count). The van der Waals surface area contributed by atoms with E-state index >= 15 is 0 Å². The number of hydrogen-bond donors (Lipinski definition) is 1. The Hall–Kier alpha value is -2.94. The van der Waals surface area contributed by atoms with E-state index in [1.807, 2.05) is 0 Å². The zero-order valence-corrected chi connectivity index (χ0v) is 16.5. The van der Waals surface area contributed by atoms with Crippen molar-refractivity contribution in [1.82, 2.24) is 4.90 Å². The van der Waals surface area contributed by atoms with Gasteiger partial charge in [-0.15, -0.1) is 13.2 Å². The van der Waals surface area contributed by atoms with Crippen molar-refractivity contribution >= 4 is 11.6 Å². The van der Waals surface area contributed by atoms with Crippen LogP contribution in [-0.2, 0) is 11.2 Å². The first-order valence-corrected chi connectivity index (χ1v) is 9.49. The first-order chi connectivity index (χ1) is 14.4. The van der Waals surface area contributed by atoms with Crippen LogP contribution < -0.4 is 14.8 Å². The molecule has 0 spiro atoms. The van der Waals surface area contributed by atoms with Crippen LogP contribution in [0.2, 0.25) is 0 Å². The van der Waals surface area contributed by atoms with E-state index in [0.29, 0.717) is 56.3 Å². The van der Waals surface area contributed by atoms with E-state index in [0.717, 1.165) is 5.56 Å². The number of halogens is 3. The number of anilines is 1. The molecular formula is C21H23F3N2O4. The summed E-state index contributed by atoms with van der Waals surface area (Å²) in [5.74, 6) is 0.280. The number of alkyl halides is 3. The van der Waals surface area contributed by atoms with Crippen molar-refractivity contribution < 1.29 is 32.2 Å². The van der Waals surface area contributed by atoms with Crippen LogP contribution in [0.3, 0.4) is 0 Å². The predicted octanol–water partition coefficient (Wildman–Crippen LogP) is 3.72. The number of ether oxygens (including phenoxy) is 3. The minimum Gasteiger partial charge on any atom is -0.495 e.